The number of ether oxygens (including phenoxy) is 1. The monoisotopic (exact) mass is 295 g/mol. The summed E-state index contributed by atoms with van der Waals surface area (Å²) in [6.07, 6.45) is 3.82. The molecule has 1 N–H and O–H groups in total. The zero-order chi connectivity index (χ0) is 13.9. The molecule has 0 aromatic carbocycles. The first-order chi connectivity index (χ1) is 9.74. The van der Waals surface area contributed by atoms with E-state index in [1.165, 1.54) is 30.6 Å². The van der Waals surface area contributed by atoms with E-state index in [4.69, 9.17) is 4.74 Å². The van der Waals surface area contributed by atoms with Gasteiger partial charge in [-0.3, -0.25) is 9.69 Å². The van der Waals surface area contributed by atoms with Crippen LogP contribution < -0.4 is 5.32 Å². The average molecular weight is 295 g/mol. The van der Waals surface area contributed by atoms with Crippen molar-refractivity contribution in [2.45, 2.75) is 38.3 Å². The second-order valence-corrected chi connectivity index (χ2v) is 6.60. The van der Waals surface area contributed by atoms with E-state index in [2.05, 4.69) is 15.2 Å². The number of likely N-dealkylation sites (tertiary alicyclic amines) is 1. The molecule has 1 aromatic heterocycles. The molecule has 3 rings (SSSR count). The number of rotatable bonds is 3. The number of carbonyl (C=O) groups is 1. The van der Waals surface area contributed by atoms with Crippen LogP contribution in [-0.2, 0) is 4.74 Å². The molecule has 110 valence electrons. The third-order valence-electron chi connectivity index (χ3n) is 4.08. The van der Waals surface area contributed by atoms with Crippen molar-refractivity contribution in [1.82, 2.24) is 15.2 Å². The molecule has 2 aliphatic heterocycles. The van der Waals surface area contributed by atoms with Crippen molar-refractivity contribution in [1.29, 1.82) is 0 Å². The van der Waals surface area contributed by atoms with Crippen molar-refractivity contribution in [3.63, 3.8) is 0 Å². The average Bonchev–Trinajstić information content (AvgIpc) is 3.09. The van der Waals surface area contributed by atoms with Gasteiger partial charge in [0, 0.05) is 5.38 Å². The molecule has 20 heavy (non-hydrogen) atoms. The minimum Gasteiger partial charge on any atom is -0.378 e. The number of aromatic nitrogens is 1. The molecule has 0 aliphatic carbocycles. The molecule has 5 nitrogen and oxygen atoms in total. The third-order valence-corrected chi connectivity index (χ3v) is 4.85. The summed E-state index contributed by atoms with van der Waals surface area (Å²) in [5.74, 6) is -0.0770. The highest BCUT2D eigenvalue weighted by Gasteiger charge is 2.34. The maximum Gasteiger partial charge on any atom is 0.271 e. The number of piperidine rings is 1. The lowest BCUT2D eigenvalue weighted by Crippen LogP contribution is -2.52. The first-order valence-electron chi connectivity index (χ1n) is 7.29. The van der Waals surface area contributed by atoms with Gasteiger partial charge < -0.3 is 10.1 Å². The van der Waals surface area contributed by atoms with Gasteiger partial charge >= 0.3 is 0 Å². The highest BCUT2D eigenvalue weighted by Crippen LogP contribution is 2.19. The summed E-state index contributed by atoms with van der Waals surface area (Å²) in [6.45, 7) is 5.49. The van der Waals surface area contributed by atoms with Crippen LogP contribution in [0.5, 0.6) is 0 Å². The fourth-order valence-corrected chi connectivity index (χ4v) is 3.59. The van der Waals surface area contributed by atoms with Crippen LogP contribution in [0.25, 0.3) is 0 Å². The molecular weight excluding hydrogens is 274 g/mol. The highest BCUT2D eigenvalue weighted by atomic mass is 32.1. The lowest BCUT2D eigenvalue weighted by Gasteiger charge is -2.34. The normalized spacial score (nSPS) is 27.6. The number of nitrogens with zero attached hydrogens (tertiary/aromatic N) is 2. The summed E-state index contributed by atoms with van der Waals surface area (Å²) in [7, 11) is 0. The lowest BCUT2D eigenvalue weighted by molar-refractivity contribution is 0.0895. The van der Waals surface area contributed by atoms with Gasteiger partial charge in [0.25, 0.3) is 5.91 Å². The summed E-state index contributed by atoms with van der Waals surface area (Å²) in [5, 5.41) is 5.83. The molecule has 0 bridgehead atoms. The predicted molar refractivity (Wildman–Crippen MR) is 78.1 cm³/mol. The SMILES string of the molecule is Cc1nc(C(=O)N[C@@H]2COC[C@H]2N2CCCCC2)cs1. The van der Waals surface area contributed by atoms with E-state index in [0.717, 1.165) is 24.7 Å². The van der Waals surface area contributed by atoms with Crippen molar-refractivity contribution in [2.75, 3.05) is 26.3 Å². The van der Waals surface area contributed by atoms with Gasteiger partial charge in [-0.2, -0.15) is 0 Å². The first kappa shape index (κ1) is 14.0. The van der Waals surface area contributed by atoms with Crippen LogP contribution in [0.1, 0.15) is 34.8 Å². The fourth-order valence-electron chi connectivity index (χ4n) is 3.00. The third kappa shape index (κ3) is 3.02. The summed E-state index contributed by atoms with van der Waals surface area (Å²) in [6, 6.07) is 0.404. The Morgan fingerprint density at radius 3 is 2.90 bits per heavy atom. The number of thiazole rings is 1. The molecule has 0 spiro atoms. The number of amides is 1. The predicted octanol–water partition coefficient (Wildman–Crippen LogP) is 1.43. The molecule has 0 saturated carbocycles. The largest absolute Gasteiger partial charge is 0.378 e. The van der Waals surface area contributed by atoms with Gasteiger partial charge in [-0.1, -0.05) is 6.42 Å². The van der Waals surface area contributed by atoms with E-state index in [9.17, 15) is 4.79 Å². The molecule has 2 saturated heterocycles. The molecule has 2 atom stereocenters. The Balaban J connectivity index is 1.62. The van der Waals surface area contributed by atoms with Crippen LogP contribution in [0.4, 0.5) is 0 Å². The number of hydrogen-bond acceptors (Lipinski definition) is 5. The Labute approximate surface area is 123 Å². The number of nitrogens with one attached hydrogen (secondary N) is 1. The van der Waals surface area contributed by atoms with Gasteiger partial charge in [0.15, 0.2) is 0 Å². The summed E-state index contributed by atoms with van der Waals surface area (Å²) in [4.78, 5) is 18.9. The van der Waals surface area contributed by atoms with E-state index in [-0.39, 0.29) is 11.9 Å². The fraction of sp³-hybridized carbons (Fsp3) is 0.714. The Morgan fingerprint density at radius 1 is 1.40 bits per heavy atom. The van der Waals surface area contributed by atoms with Crippen LogP contribution in [0.15, 0.2) is 5.38 Å². The maximum atomic E-state index is 12.2. The molecule has 2 aliphatic rings. The Bertz CT molecular complexity index is 471. The first-order valence-corrected chi connectivity index (χ1v) is 8.17. The van der Waals surface area contributed by atoms with Crippen molar-refractivity contribution in [3.05, 3.63) is 16.1 Å². The van der Waals surface area contributed by atoms with Gasteiger partial charge in [0.1, 0.15) is 5.69 Å². The van der Waals surface area contributed by atoms with E-state index < -0.39 is 0 Å². The molecule has 1 aromatic rings. The molecular formula is C14H21N3O2S. The quantitative estimate of drug-likeness (QED) is 0.916. The molecule has 0 radical (unpaired) electrons. The molecule has 1 amide bonds. The van der Waals surface area contributed by atoms with Crippen LogP contribution in [-0.4, -0.2) is 54.2 Å². The van der Waals surface area contributed by atoms with Crippen LogP contribution in [0, 0.1) is 6.92 Å². The van der Waals surface area contributed by atoms with Crippen LogP contribution in [0.3, 0.4) is 0 Å². The van der Waals surface area contributed by atoms with Crippen molar-refractivity contribution >= 4 is 17.2 Å². The molecule has 2 fully saturated rings. The van der Waals surface area contributed by atoms with E-state index in [1.54, 1.807) is 0 Å². The Kier molecular flexibility index (Phi) is 4.33. The molecule has 3 heterocycles. The smallest absolute Gasteiger partial charge is 0.271 e. The van der Waals surface area contributed by atoms with Gasteiger partial charge in [0.2, 0.25) is 0 Å². The van der Waals surface area contributed by atoms with E-state index in [0.29, 0.717) is 18.3 Å². The lowest BCUT2D eigenvalue weighted by atomic mass is 10.0. The second kappa shape index (κ2) is 6.20. The standard InChI is InChI=1S/C14H21N3O2S/c1-10-15-12(9-20-10)14(18)16-11-7-19-8-13(11)17-5-3-2-4-6-17/h9,11,13H,2-8H2,1H3,(H,16,18)/t11-,13-/m1/s1. The zero-order valence-electron chi connectivity index (χ0n) is 11.8. The maximum absolute atomic E-state index is 12.2. The van der Waals surface area contributed by atoms with Crippen molar-refractivity contribution in [2.24, 2.45) is 0 Å². The second-order valence-electron chi connectivity index (χ2n) is 5.53. The number of aryl methyl sites for hydroxylation is 1. The molecule has 0 unspecified atom stereocenters. The Hall–Kier alpha value is -0.980. The summed E-state index contributed by atoms with van der Waals surface area (Å²) < 4.78 is 5.59. The highest BCUT2D eigenvalue weighted by molar-refractivity contribution is 7.09. The van der Waals surface area contributed by atoms with Gasteiger partial charge in [-0.25, -0.2) is 4.98 Å². The number of hydrogen-bond donors (Lipinski definition) is 1. The van der Waals surface area contributed by atoms with E-state index >= 15 is 0 Å². The van der Waals surface area contributed by atoms with Gasteiger partial charge in [-0.15, -0.1) is 11.3 Å². The van der Waals surface area contributed by atoms with Crippen LogP contribution in [0.2, 0.25) is 0 Å². The minimum absolute atomic E-state index is 0.0770. The van der Waals surface area contributed by atoms with Crippen LogP contribution >= 0.6 is 11.3 Å². The zero-order valence-corrected chi connectivity index (χ0v) is 12.6. The Morgan fingerprint density at radius 2 is 2.20 bits per heavy atom. The topological polar surface area (TPSA) is 54.5 Å². The summed E-state index contributed by atoms with van der Waals surface area (Å²) in [5.41, 5.74) is 0.525. The molecule has 6 heteroatoms. The number of carbonyl (C=O) groups excluding carboxylic acids is 1. The van der Waals surface area contributed by atoms with Gasteiger partial charge in [0.05, 0.1) is 30.3 Å². The minimum atomic E-state index is -0.0770. The van der Waals surface area contributed by atoms with Crippen molar-refractivity contribution in [3.8, 4) is 0 Å². The van der Waals surface area contributed by atoms with Crippen molar-refractivity contribution < 1.29 is 9.53 Å². The van der Waals surface area contributed by atoms with Gasteiger partial charge in [-0.05, 0) is 32.9 Å². The summed E-state index contributed by atoms with van der Waals surface area (Å²) >= 11 is 1.51. The van der Waals surface area contributed by atoms with E-state index in [1.807, 2.05) is 12.3 Å².